The summed E-state index contributed by atoms with van der Waals surface area (Å²) in [6.07, 6.45) is -0.616. The normalized spacial score (nSPS) is 16.6. The van der Waals surface area contributed by atoms with Crippen molar-refractivity contribution in [1.82, 2.24) is 10.2 Å². The minimum atomic E-state index is -1.12. The van der Waals surface area contributed by atoms with Gasteiger partial charge in [-0.05, 0) is 55.9 Å². The van der Waals surface area contributed by atoms with Crippen LogP contribution in [0.5, 0.6) is 0 Å². The number of nitrogens with zero attached hydrogens (tertiary/aromatic N) is 1. The van der Waals surface area contributed by atoms with Gasteiger partial charge >= 0.3 is 12.1 Å². The molecule has 1 fully saturated rings. The molecule has 0 saturated carbocycles. The molecule has 1 unspecified atom stereocenters. The van der Waals surface area contributed by atoms with Crippen LogP contribution in [0.1, 0.15) is 57.1 Å². The van der Waals surface area contributed by atoms with Crippen molar-refractivity contribution >= 4 is 18.0 Å². The molecule has 2 aliphatic rings. The Kier molecular flexibility index (Phi) is 7.64. The average molecular weight is 495 g/mol. The zero-order valence-electron chi connectivity index (χ0n) is 21.0. The molecule has 8 heteroatoms. The van der Waals surface area contributed by atoms with Crippen LogP contribution in [0.3, 0.4) is 0 Å². The fraction of sp³-hybridized carbons (Fsp3) is 0.464. The van der Waals surface area contributed by atoms with E-state index in [1.807, 2.05) is 36.4 Å². The summed E-state index contributed by atoms with van der Waals surface area (Å²) < 4.78 is 11.0. The highest BCUT2D eigenvalue weighted by Crippen LogP contribution is 2.44. The molecule has 2 aromatic carbocycles. The Labute approximate surface area is 211 Å². The van der Waals surface area contributed by atoms with Crippen LogP contribution in [0.4, 0.5) is 4.79 Å². The number of alkyl carbamates (subject to hydrolysis) is 1. The van der Waals surface area contributed by atoms with Gasteiger partial charge in [0.05, 0.1) is 12.5 Å². The van der Waals surface area contributed by atoms with E-state index >= 15 is 0 Å². The monoisotopic (exact) mass is 494 g/mol. The Bertz CT molecular complexity index is 1070. The van der Waals surface area contributed by atoms with Gasteiger partial charge in [0.25, 0.3) is 0 Å². The highest BCUT2D eigenvalue weighted by Gasteiger charge is 2.33. The third kappa shape index (κ3) is 6.05. The Morgan fingerprint density at radius 2 is 1.56 bits per heavy atom. The predicted octanol–water partition coefficient (Wildman–Crippen LogP) is 3.61. The first-order chi connectivity index (χ1) is 17.1. The van der Waals surface area contributed by atoms with Gasteiger partial charge in [-0.1, -0.05) is 48.5 Å². The van der Waals surface area contributed by atoms with Crippen molar-refractivity contribution in [2.45, 2.75) is 63.7 Å². The van der Waals surface area contributed by atoms with E-state index in [1.54, 1.807) is 25.7 Å². The van der Waals surface area contributed by atoms with Gasteiger partial charge in [0.2, 0.25) is 5.91 Å². The van der Waals surface area contributed by atoms with E-state index < -0.39 is 29.8 Å². The second-order valence-electron chi connectivity index (χ2n) is 10.4. The molecule has 1 saturated heterocycles. The third-order valence-corrected chi connectivity index (χ3v) is 6.50. The molecule has 0 spiro atoms. The van der Waals surface area contributed by atoms with Gasteiger partial charge in [-0.2, -0.15) is 0 Å². The molecule has 0 aromatic heterocycles. The maximum Gasteiger partial charge on any atom is 0.407 e. The predicted molar refractivity (Wildman–Crippen MR) is 134 cm³/mol. The minimum Gasteiger partial charge on any atom is -0.460 e. The van der Waals surface area contributed by atoms with Crippen molar-refractivity contribution in [3.05, 3.63) is 59.7 Å². The molecule has 4 rings (SSSR count). The molecule has 2 aromatic rings. The molecule has 1 atom stereocenters. The number of hydrogen-bond donors (Lipinski definition) is 2. The van der Waals surface area contributed by atoms with Crippen LogP contribution in [-0.4, -0.2) is 65.4 Å². The molecule has 36 heavy (non-hydrogen) atoms. The van der Waals surface area contributed by atoms with Crippen molar-refractivity contribution in [2.24, 2.45) is 0 Å². The number of fused-ring (bicyclic) bond motifs is 3. The molecule has 2 amide bonds. The summed E-state index contributed by atoms with van der Waals surface area (Å²) >= 11 is 0. The Morgan fingerprint density at radius 3 is 2.11 bits per heavy atom. The molecule has 1 aliphatic heterocycles. The summed E-state index contributed by atoms with van der Waals surface area (Å²) in [7, 11) is 0. The molecule has 0 radical (unpaired) electrons. The summed E-state index contributed by atoms with van der Waals surface area (Å²) in [6.45, 7) is 6.05. The number of amides is 2. The van der Waals surface area contributed by atoms with E-state index in [1.165, 1.54) is 0 Å². The lowest BCUT2D eigenvalue weighted by Crippen LogP contribution is -2.52. The van der Waals surface area contributed by atoms with Crippen molar-refractivity contribution in [3.8, 4) is 11.1 Å². The highest BCUT2D eigenvalue weighted by molar-refractivity contribution is 5.90. The lowest BCUT2D eigenvalue weighted by atomic mass is 9.98. The van der Waals surface area contributed by atoms with E-state index in [-0.39, 0.29) is 24.9 Å². The second-order valence-corrected chi connectivity index (χ2v) is 10.4. The molecule has 8 nitrogen and oxygen atoms in total. The van der Waals surface area contributed by atoms with Crippen LogP contribution < -0.4 is 5.32 Å². The molecule has 0 bridgehead atoms. The van der Waals surface area contributed by atoms with Crippen LogP contribution in [0, 0.1) is 0 Å². The number of aliphatic hydroxyl groups is 1. The van der Waals surface area contributed by atoms with E-state index in [2.05, 4.69) is 17.4 Å². The van der Waals surface area contributed by atoms with Gasteiger partial charge in [0.15, 0.2) is 0 Å². The number of piperidine rings is 1. The van der Waals surface area contributed by atoms with Gasteiger partial charge in [0, 0.05) is 19.0 Å². The zero-order valence-corrected chi connectivity index (χ0v) is 21.0. The number of carbonyl (C=O) groups excluding carboxylic acids is 3. The number of aliphatic hydroxyl groups excluding tert-OH is 1. The van der Waals surface area contributed by atoms with Crippen molar-refractivity contribution in [2.75, 3.05) is 19.7 Å². The van der Waals surface area contributed by atoms with Crippen molar-refractivity contribution < 1.29 is 29.0 Å². The topological polar surface area (TPSA) is 105 Å². The number of nitrogens with one attached hydrogen (secondary N) is 1. The molecule has 1 heterocycles. The van der Waals surface area contributed by atoms with Crippen LogP contribution >= 0.6 is 0 Å². The van der Waals surface area contributed by atoms with E-state index in [9.17, 15) is 19.5 Å². The van der Waals surface area contributed by atoms with Gasteiger partial charge in [-0.3, -0.25) is 9.59 Å². The standard InChI is InChI=1S/C28H34N2O6/c1-28(2,3)36-25(32)16-24(26(33)30-14-12-18(31)13-15-30)29-27(34)35-17-23-21-10-6-4-8-19(21)20-9-5-7-11-22(20)23/h4-11,18,23-24,31H,12-17H2,1-3H3,(H,29,34). The van der Waals surface area contributed by atoms with Gasteiger partial charge in [-0.25, -0.2) is 4.79 Å². The number of carbonyl (C=O) groups is 3. The quantitative estimate of drug-likeness (QED) is 0.595. The van der Waals surface area contributed by atoms with Crippen LogP contribution in [0.2, 0.25) is 0 Å². The smallest absolute Gasteiger partial charge is 0.407 e. The van der Waals surface area contributed by atoms with Gasteiger partial charge < -0.3 is 24.8 Å². The number of esters is 1. The molecule has 192 valence electrons. The van der Waals surface area contributed by atoms with E-state index in [4.69, 9.17) is 9.47 Å². The van der Waals surface area contributed by atoms with Gasteiger partial charge in [0.1, 0.15) is 18.2 Å². The van der Waals surface area contributed by atoms with E-state index in [0.717, 1.165) is 22.3 Å². The summed E-state index contributed by atoms with van der Waals surface area (Å²) in [6, 6.07) is 14.9. The second kappa shape index (κ2) is 10.7. The first kappa shape index (κ1) is 25.7. The summed E-state index contributed by atoms with van der Waals surface area (Å²) in [5.41, 5.74) is 3.68. The fourth-order valence-corrected chi connectivity index (χ4v) is 4.84. The Hall–Kier alpha value is -3.39. The average Bonchev–Trinajstić information content (AvgIpc) is 3.15. The molecule has 2 N–H and O–H groups in total. The number of rotatable bonds is 6. The summed E-state index contributed by atoms with van der Waals surface area (Å²) in [4.78, 5) is 40.1. The molecular formula is C28H34N2O6. The number of likely N-dealkylation sites (tertiary alicyclic amines) is 1. The highest BCUT2D eigenvalue weighted by atomic mass is 16.6. The SMILES string of the molecule is CC(C)(C)OC(=O)CC(NC(=O)OCC1c2ccccc2-c2ccccc21)C(=O)N1CCC(O)CC1. The number of benzene rings is 2. The fourth-order valence-electron chi connectivity index (χ4n) is 4.84. The molecular weight excluding hydrogens is 460 g/mol. The summed E-state index contributed by atoms with van der Waals surface area (Å²) in [5.74, 6) is -1.09. The maximum atomic E-state index is 13.2. The van der Waals surface area contributed by atoms with Crippen LogP contribution in [0.15, 0.2) is 48.5 Å². The summed E-state index contributed by atoms with van der Waals surface area (Å²) in [5, 5.41) is 12.4. The Morgan fingerprint density at radius 1 is 1.00 bits per heavy atom. The van der Waals surface area contributed by atoms with E-state index in [0.29, 0.717) is 25.9 Å². The minimum absolute atomic E-state index is 0.100. The maximum absolute atomic E-state index is 13.2. The zero-order chi connectivity index (χ0) is 25.9. The van der Waals surface area contributed by atoms with Crippen LogP contribution in [0.25, 0.3) is 11.1 Å². The van der Waals surface area contributed by atoms with Crippen LogP contribution in [-0.2, 0) is 19.1 Å². The third-order valence-electron chi connectivity index (χ3n) is 6.50. The van der Waals surface area contributed by atoms with Crippen molar-refractivity contribution in [3.63, 3.8) is 0 Å². The number of ether oxygens (including phenoxy) is 2. The van der Waals surface area contributed by atoms with Crippen molar-refractivity contribution in [1.29, 1.82) is 0 Å². The first-order valence-electron chi connectivity index (χ1n) is 12.4. The Balaban J connectivity index is 1.44. The first-order valence-corrected chi connectivity index (χ1v) is 12.4. The lowest BCUT2D eigenvalue weighted by Gasteiger charge is -2.32. The van der Waals surface area contributed by atoms with Gasteiger partial charge in [-0.15, -0.1) is 0 Å². The largest absolute Gasteiger partial charge is 0.460 e. The molecule has 1 aliphatic carbocycles. The lowest BCUT2D eigenvalue weighted by molar-refractivity contribution is -0.157. The number of hydrogen-bond acceptors (Lipinski definition) is 6.